The molecular formula is C19H16FNO5. The van der Waals surface area contributed by atoms with E-state index in [4.69, 9.17) is 9.47 Å². The van der Waals surface area contributed by atoms with Crippen LogP contribution in [0.4, 0.5) is 4.39 Å². The van der Waals surface area contributed by atoms with E-state index in [1.54, 1.807) is 12.1 Å². The van der Waals surface area contributed by atoms with Gasteiger partial charge in [0.1, 0.15) is 11.6 Å². The van der Waals surface area contributed by atoms with Crippen LogP contribution in [0.25, 0.3) is 5.76 Å². The highest BCUT2D eigenvalue weighted by Crippen LogP contribution is 2.36. The summed E-state index contributed by atoms with van der Waals surface area (Å²) in [4.78, 5) is 24.2. The number of amides is 1. The first-order valence-corrected chi connectivity index (χ1v) is 7.72. The fourth-order valence-electron chi connectivity index (χ4n) is 2.84. The fraction of sp³-hybridized carbons (Fsp3) is 0.158. The van der Waals surface area contributed by atoms with Gasteiger partial charge in [-0.15, -0.1) is 0 Å². The molecule has 0 radical (unpaired) electrons. The van der Waals surface area contributed by atoms with Gasteiger partial charge in [-0.25, -0.2) is 4.39 Å². The number of hydrogen-bond acceptors (Lipinski definition) is 5. The molecule has 7 heteroatoms. The smallest absolute Gasteiger partial charge is 0.293 e. The number of methoxy groups -OCH3 is 2. The lowest BCUT2D eigenvalue weighted by Gasteiger charge is -2.15. The van der Waals surface area contributed by atoms with Crippen molar-refractivity contribution >= 4 is 17.4 Å². The second kappa shape index (κ2) is 6.87. The van der Waals surface area contributed by atoms with Crippen molar-refractivity contribution in [2.75, 3.05) is 14.2 Å². The second-order valence-corrected chi connectivity index (χ2v) is 5.62. The van der Waals surface area contributed by atoms with E-state index in [9.17, 15) is 19.1 Å². The molecule has 3 rings (SSSR count). The molecule has 0 bridgehead atoms. The summed E-state index contributed by atoms with van der Waals surface area (Å²) in [7, 11) is 2.91. The molecule has 134 valence electrons. The summed E-state index contributed by atoms with van der Waals surface area (Å²) in [6.45, 7) is 0. The SMILES string of the molecule is COc1ccc(/C(O)=C2/C(=O)C(=O)NC2c2cccc(F)c2)cc1OC. The number of nitrogens with one attached hydrogen (secondary N) is 1. The largest absolute Gasteiger partial charge is 0.507 e. The third kappa shape index (κ3) is 2.99. The predicted octanol–water partition coefficient (Wildman–Crippen LogP) is 2.55. The van der Waals surface area contributed by atoms with Crippen molar-refractivity contribution < 1.29 is 28.6 Å². The highest BCUT2D eigenvalue weighted by atomic mass is 19.1. The van der Waals surface area contributed by atoms with Crippen molar-refractivity contribution in [1.82, 2.24) is 5.32 Å². The third-order valence-corrected chi connectivity index (χ3v) is 4.11. The molecule has 26 heavy (non-hydrogen) atoms. The van der Waals surface area contributed by atoms with Gasteiger partial charge in [0.15, 0.2) is 11.5 Å². The summed E-state index contributed by atoms with van der Waals surface area (Å²) in [6, 6.07) is 9.11. The number of ketones is 1. The van der Waals surface area contributed by atoms with Crippen LogP contribution in [-0.2, 0) is 9.59 Å². The first-order chi connectivity index (χ1) is 12.5. The number of aliphatic hydroxyl groups is 1. The van der Waals surface area contributed by atoms with Crippen LogP contribution in [0.15, 0.2) is 48.0 Å². The Balaban J connectivity index is 2.13. The number of aliphatic hydroxyl groups excluding tert-OH is 1. The van der Waals surface area contributed by atoms with Gasteiger partial charge in [-0.1, -0.05) is 12.1 Å². The Morgan fingerprint density at radius 3 is 2.46 bits per heavy atom. The Morgan fingerprint density at radius 1 is 1.08 bits per heavy atom. The molecule has 0 aromatic heterocycles. The Kier molecular flexibility index (Phi) is 4.62. The van der Waals surface area contributed by atoms with E-state index in [1.807, 2.05) is 0 Å². The summed E-state index contributed by atoms with van der Waals surface area (Å²) in [5.74, 6) is -1.83. The molecule has 0 saturated carbocycles. The average Bonchev–Trinajstić information content (AvgIpc) is 2.95. The van der Waals surface area contributed by atoms with Gasteiger partial charge in [-0.3, -0.25) is 9.59 Å². The van der Waals surface area contributed by atoms with Gasteiger partial charge in [-0.05, 0) is 35.9 Å². The molecule has 1 fully saturated rings. The number of rotatable bonds is 4. The van der Waals surface area contributed by atoms with E-state index in [0.717, 1.165) is 0 Å². The topological polar surface area (TPSA) is 84.9 Å². The average molecular weight is 357 g/mol. The molecule has 1 saturated heterocycles. The fourth-order valence-corrected chi connectivity index (χ4v) is 2.84. The van der Waals surface area contributed by atoms with E-state index < -0.39 is 23.5 Å². The molecule has 0 aliphatic carbocycles. The Labute approximate surface area is 148 Å². The predicted molar refractivity (Wildman–Crippen MR) is 91.4 cm³/mol. The Morgan fingerprint density at radius 2 is 1.81 bits per heavy atom. The zero-order chi connectivity index (χ0) is 18.8. The minimum absolute atomic E-state index is 0.146. The second-order valence-electron chi connectivity index (χ2n) is 5.62. The first kappa shape index (κ1) is 17.5. The molecule has 1 heterocycles. The van der Waals surface area contributed by atoms with Gasteiger partial charge >= 0.3 is 0 Å². The summed E-state index contributed by atoms with van der Waals surface area (Å²) < 4.78 is 23.9. The van der Waals surface area contributed by atoms with Crippen molar-refractivity contribution in [2.45, 2.75) is 6.04 Å². The molecule has 1 unspecified atom stereocenters. The number of halogens is 1. The molecule has 1 aliphatic rings. The molecule has 1 atom stereocenters. The van der Waals surface area contributed by atoms with Crippen LogP contribution in [-0.4, -0.2) is 31.0 Å². The van der Waals surface area contributed by atoms with Crippen LogP contribution < -0.4 is 14.8 Å². The van der Waals surface area contributed by atoms with Crippen LogP contribution in [0.5, 0.6) is 11.5 Å². The number of benzene rings is 2. The minimum atomic E-state index is -0.946. The van der Waals surface area contributed by atoms with Crippen molar-refractivity contribution in [2.24, 2.45) is 0 Å². The van der Waals surface area contributed by atoms with E-state index in [-0.39, 0.29) is 16.9 Å². The van der Waals surface area contributed by atoms with E-state index in [1.165, 1.54) is 44.6 Å². The van der Waals surface area contributed by atoms with E-state index in [2.05, 4.69) is 5.32 Å². The number of Topliss-reactive ketones (excluding diaryl/α,β-unsaturated/α-hetero) is 1. The van der Waals surface area contributed by atoms with Crippen molar-refractivity contribution in [1.29, 1.82) is 0 Å². The molecule has 0 spiro atoms. The maximum atomic E-state index is 13.5. The standard InChI is InChI=1S/C19H16FNO5/c1-25-13-7-6-11(9-14(13)26-2)17(22)15-16(21-19(24)18(15)23)10-4-3-5-12(20)8-10/h3-9,16,22H,1-2H3,(H,21,24)/b17-15-. The van der Waals surface area contributed by atoms with Gasteiger partial charge in [0, 0.05) is 5.56 Å². The van der Waals surface area contributed by atoms with Crippen LogP contribution in [0.2, 0.25) is 0 Å². The van der Waals surface area contributed by atoms with Crippen LogP contribution >= 0.6 is 0 Å². The third-order valence-electron chi connectivity index (χ3n) is 4.11. The molecule has 2 N–H and O–H groups in total. The van der Waals surface area contributed by atoms with Crippen LogP contribution in [0, 0.1) is 5.82 Å². The summed E-state index contributed by atoms with van der Waals surface area (Å²) in [6.07, 6.45) is 0. The number of ether oxygens (including phenoxy) is 2. The van der Waals surface area contributed by atoms with Crippen molar-refractivity contribution in [3.63, 3.8) is 0 Å². The van der Waals surface area contributed by atoms with E-state index >= 15 is 0 Å². The highest BCUT2D eigenvalue weighted by molar-refractivity contribution is 6.46. The van der Waals surface area contributed by atoms with Crippen LogP contribution in [0.1, 0.15) is 17.2 Å². The maximum absolute atomic E-state index is 13.5. The van der Waals surface area contributed by atoms with Gasteiger partial charge in [-0.2, -0.15) is 0 Å². The van der Waals surface area contributed by atoms with Gasteiger partial charge in [0.05, 0.1) is 25.8 Å². The Hall–Kier alpha value is -3.35. The summed E-state index contributed by atoms with van der Waals surface area (Å²) in [5.41, 5.74) is 0.475. The monoisotopic (exact) mass is 357 g/mol. The molecule has 1 aliphatic heterocycles. The highest BCUT2D eigenvalue weighted by Gasteiger charge is 2.39. The lowest BCUT2D eigenvalue weighted by Crippen LogP contribution is -2.21. The maximum Gasteiger partial charge on any atom is 0.293 e. The van der Waals surface area contributed by atoms with Gasteiger partial charge in [0.2, 0.25) is 0 Å². The Bertz CT molecular complexity index is 922. The molecule has 6 nitrogen and oxygen atoms in total. The minimum Gasteiger partial charge on any atom is -0.507 e. The molecule has 2 aromatic carbocycles. The normalized spacial score (nSPS) is 18.5. The van der Waals surface area contributed by atoms with Crippen LogP contribution in [0.3, 0.4) is 0 Å². The zero-order valence-electron chi connectivity index (χ0n) is 14.1. The van der Waals surface area contributed by atoms with Crippen molar-refractivity contribution in [3.05, 3.63) is 65.0 Å². The molecule has 1 amide bonds. The number of carbonyl (C=O) groups is 2. The number of hydrogen-bond donors (Lipinski definition) is 2. The molecular weight excluding hydrogens is 341 g/mol. The van der Waals surface area contributed by atoms with Crippen molar-refractivity contribution in [3.8, 4) is 11.5 Å². The van der Waals surface area contributed by atoms with Gasteiger partial charge < -0.3 is 19.9 Å². The van der Waals surface area contributed by atoms with E-state index in [0.29, 0.717) is 17.1 Å². The quantitative estimate of drug-likeness (QED) is 0.499. The van der Waals surface area contributed by atoms with Gasteiger partial charge in [0.25, 0.3) is 11.7 Å². The lowest BCUT2D eigenvalue weighted by molar-refractivity contribution is -0.133. The summed E-state index contributed by atoms with van der Waals surface area (Å²) in [5, 5.41) is 13.1. The summed E-state index contributed by atoms with van der Waals surface area (Å²) >= 11 is 0. The molecule has 2 aromatic rings. The number of carbonyl (C=O) groups excluding carboxylic acids is 2. The lowest BCUT2D eigenvalue weighted by atomic mass is 9.95. The zero-order valence-corrected chi connectivity index (χ0v) is 14.1. The first-order valence-electron chi connectivity index (χ1n) is 7.72.